The lowest BCUT2D eigenvalue weighted by molar-refractivity contribution is -0.120. The molecule has 0 bridgehead atoms. The highest BCUT2D eigenvalue weighted by Crippen LogP contribution is 2.15. The Labute approximate surface area is 128 Å². The van der Waals surface area contributed by atoms with E-state index in [1.54, 1.807) is 25.2 Å². The van der Waals surface area contributed by atoms with Gasteiger partial charge in [-0.05, 0) is 30.3 Å². The lowest BCUT2D eigenvalue weighted by atomic mass is 10.2. The monoisotopic (exact) mass is 299 g/mol. The minimum atomic E-state index is -0.418. The molecule has 3 N–H and O–H groups in total. The van der Waals surface area contributed by atoms with Gasteiger partial charge in [0.1, 0.15) is 5.75 Å². The van der Waals surface area contributed by atoms with Crippen LogP contribution in [0.5, 0.6) is 5.75 Å². The highest BCUT2D eigenvalue weighted by Gasteiger charge is 2.12. The Bertz CT molecular complexity index is 659. The molecule has 0 atom stereocenters. The standard InChI is InChI=1S/C16H17N3O3/c1-19(13-7-3-2-4-8-13)15(20)11-22-14-9-5-6-12(10-14)16(21)18-17/h2-10H,11,17H2,1H3,(H,18,21). The number of nitrogens with zero attached hydrogens (tertiary/aromatic N) is 1. The summed E-state index contributed by atoms with van der Waals surface area (Å²) in [5.41, 5.74) is 3.19. The number of anilines is 1. The van der Waals surface area contributed by atoms with Crippen LogP contribution in [0.1, 0.15) is 10.4 Å². The van der Waals surface area contributed by atoms with E-state index in [4.69, 9.17) is 10.6 Å². The predicted octanol–water partition coefficient (Wildman–Crippen LogP) is 1.33. The molecule has 2 rings (SSSR count). The zero-order valence-corrected chi connectivity index (χ0v) is 12.2. The summed E-state index contributed by atoms with van der Waals surface area (Å²) in [6.07, 6.45) is 0. The Balaban J connectivity index is 1.98. The first-order valence-electron chi connectivity index (χ1n) is 6.67. The van der Waals surface area contributed by atoms with Crippen LogP contribution in [0.2, 0.25) is 0 Å². The number of nitrogens with two attached hydrogens (primary N) is 1. The Morgan fingerprint density at radius 2 is 1.86 bits per heavy atom. The maximum atomic E-state index is 12.1. The molecule has 0 aliphatic rings. The van der Waals surface area contributed by atoms with Crippen LogP contribution in [-0.4, -0.2) is 25.5 Å². The normalized spacial score (nSPS) is 9.91. The van der Waals surface area contributed by atoms with Gasteiger partial charge >= 0.3 is 0 Å². The average Bonchev–Trinajstić information content (AvgIpc) is 2.59. The van der Waals surface area contributed by atoms with Crippen molar-refractivity contribution in [3.05, 3.63) is 60.2 Å². The number of para-hydroxylation sites is 1. The van der Waals surface area contributed by atoms with Gasteiger partial charge in [0.15, 0.2) is 6.61 Å². The van der Waals surface area contributed by atoms with Crippen LogP contribution in [0.15, 0.2) is 54.6 Å². The van der Waals surface area contributed by atoms with Crippen LogP contribution in [0.4, 0.5) is 5.69 Å². The third kappa shape index (κ3) is 3.83. The zero-order valence-electron chi connectivity index (χ0n) is 12.2. The Kier molecular flexibility index (Phi) is 5.11. The van der Waals surface area contributed by atoms with E-state index >= 15 is 0 Å². The number of hydrogen-bond donors (Lipinski definition) is 2. The maximum absolute atomic E-state index is 12.1. The number of benzene rings is 2. The summed E-state index contributed by atoms with van der Waals surface area (Å²) in [6, 6.07) is 15.7. The molecule has 0 unspecified atom stereocenters. The molecule has 0 radical (unpaired) electrons. The summed E-state index contributed by atoms with van der Waals surface area (Å²) in [6.45, 7) is -0.126. The molecule has 0 aromatic heterocycles. The molecule has 0 aliphatic carbocycles. The van der Waals surface area contributed by atoms with Crippen molar-refractivity contribution in [3.63, 3.8) is 0 Å². The lowest BCUT2D eigenvalue weighted by Crippen LogP contribution is -2.31. The molecule has 22 heavy (non-hydrogen) atoms. The minimum absolute atomic E-state index is 0.126. The van der Waals surface area contributed by atoms with Gasteiger partial charge in [-0.15, -0.1) is 0 Å². The second-order valence-electron chi connectivity index (χ2n) is 4.58. The van der Waals surface area contributed by atoms with Gasteiger partial charge in [0.05, 0.1) is 0 Å². The van der Waals surface area contributed by atoms with E-state index in [-0.39, 0.29) is 12.5 Å². The molecule has 0 fully saturated rings. The fourth-order valence-corrected chi connectivity index (χ4v) is 1.85. The fourth-order valence-electron chi connectivity index (χ4n) is 1.85. The van der Waals surface area contributed by atoms with Crippen LogP contribution in [0.25, 0.3) is 0 Å². The molecular formula is C16H17N3O3. The van der Waals surface area contributed by atoms with Gasteiger partial charge in [0, 0.05) is 18.3 Å². The first kappa shape index (κ1) is 15.5. The molecule has 0 spiro atoms. The number of hydrogen-bond acceptors (Lipinski definition) is 4. The molecular weight excluding hydrogens is 282 g/mol. The molecule has 0 saturated heterocycles. The van der Waals surface area contributed by atoms with Gasteiger partial charge in [-0.25, -0.2) is 5.84 Å². The van der Waals surface area contributed by atoms with Crippen LogP contribution in [0.3, 0.4) is 0 Å². The predicted molar refractivity (Wildman–Crippen MR) is 83.4 cm³/mol. The molecule has 2 amide bonds. The SMILES string of the molecule is CN(C(=O)COc1cccc(C(=O)NN)c1)c1ccccc1. The smallest absolute Gasteiger partial charge is 0.265 e. The Morgan fingerprint density at radius 3 is 2.55 bits per heavy atom. The first-order valence-corrected chi connectivity index (χ1v) is 6.67. The molecule has 0 saturated carbocycles. The van der Waals surface area contributed by atoms with Crippen molar-refractivity contribution >= 4 is 17.5 Å². The van der Waals surface area contributed by atoms with Crippen molar-refractivity contribution in [2.75, 3.05) is 18.6 Å². The van der Waals surface area contributed by atoms with Gasteiger partial charge in [-0.2, -0.15) is 0 Å². The number of nitrogen functional groups attached to an aromatic ring is 1. The number of likely N-dealkylation sites (N-methyl/N-ethyl adjacent to an activating group) is 1. The van der Waals surface area contributed by atoms with E-state index < -0.39 is 5.91 Å². The number of hydrazine groups is 1. The molecule has 114 valence electrons. The van der Waals surface area contributed by atoms with Gasteiger partial charge in [-0.3, -0.25) is 15.0 Å². The number of nitrogens with one attached hydrogen (secondary N) is 1. The van der Waals surface area contributed by atoms with Crippen LogP contribution in [0, 0.1) is 0 Å². The minimum Gasteiger partial charge on any atom is -0.484 e. The average molecular weight is 299 g/mol. The summed E-state index contributed by atoms with van der Waals surface area (Å²) in [5.74, 6) is 4.89. The number of ether oxygens (including phenoxy) is 1. The number of carbonyl (C=O) groups excluding carboxylic acids is 2. The van der Waals surface area contributed by atoms with E-state index in [9.17, 15) is 9.59 Å². The van der Waals surface area contributed by atoms with E-state index in [0.717, 1.165) is 5.69 Å². The van der Waals surface area contributed by atoms with Crippen molar-refractivity contribution in [2.24, 2.45) is 5.84 Å². The molecule has 0 heterocycles. The molecule has 6 heteroatoms. The van der Waals surface area contributed by atoms with Crippen molar-refractivity contribution in [1.29, 1.82) is 0 Å². The second-order valence-corrected chi connectivity index (χ2v) is 4.58. The molecule has 0 aliphatic heterocycles. The molecule has 6 nitrogen and oxygen atoms in total. The summed E-state index contributed by atoms with van der Waals surface area (Å²) < 4.78 is 5.43. The fraction of sp³-hybridized carbons (Fsp3) is 0.125. The first-order chi connectivity index (χ1) is 10.6. The summed E-state index contributed by atoms with van der Waals surface area (Å²) in [7, 11) is 1.68. The Hall–Kier alpha value is -2.86. The van der Waals surface area contributed by atoms with Crippen molar-refractivity contribution < 1.29 is 14.3 Å². The third-order valence-corrected chi connectivity index (χ3v) is 3.11. The third-order valence-electron chi connectivity index (χ3n) is 3.11. The van der Waals surface area contributed by atoms with Crippen molar-refractivity contribution in [1.82, 2.24) is 5.43 Å². The number of carbonyl (C=O) groups is 2. The Morgan fingerprint density at radius 1 is 1.14 bits per heavy atom. The van der Waals surface area contributed by atoms with Gasteiger partial charge in [0.25, 0.3) is 11.8 Å². The van der Waals surface area contributed by atoms with E-state index in [0.29, 0.717) is 11.3 Å². The van der Waals surface area contributed by atoms with Gasteiger partial charge in [-0.1, -0.05) is 24.3 Å². The van der Waals surface area contributed by atoms with Crippen molar-refractivity contribution in [2.45, 2.75) is 0 Å². The van der Waals surface area contributed by atoms with Crippen LogP contribution >= 0.6 is 0 Å². The summed E-state index contributed by atoms with van der Waals surface area (Å²) in [5, 5.41) is 0. The maximum Gasteiger partial charge on any atom is 0.265 e. The topological polar surface area (TPSA) is 84.7 Å². The highest BCUT2D eigenvalue weighted by molar-refractivity contribution is 5.95. The summed E-state index contributed by atoms with van der Waals surface area (Å²) >= 11 is 0. The number of amides is 2. The van der Waals surface area contributed by atoms with Gasteiger partial charge in [0.2, 0.25) is 0 Å². The number of rotatable bonds is 5. The second kappa shape index (κ2) is 7.24. The zero-order chi connectivity index (χ0) is 15.9. The van der Waals surface area contributed by atoms with Crippen molar-refractivity contribution in [3.8, 4) is 5.75 Å². The van der Waals surface area contributed by atoms with Crippen LogP contribution in [-0.2, 0) is 4.79 Å². The lowest BCUT2D eigenvalue weighted by Gasteiger charge is -2.17. The van der Waals surface area contributed by atoms with E-state index in [2.05, 4.69) is 0 Å². The van der Waals surface area contributed by atoms with Crippen LogP contribution < -0.4 is 20.9 Å². The largest absolute Gasteiger partial charge is 0.484 e. The van der Waals surface area contributed by atoms with Gasteiger partial charge < -0.3 is 9.64 Å². The van der Waals surface area contributed by atoms with E-state index in [1.807, 2.05) is 35.8 Å². The quantitative estimate of drug-likeness (QED) is 0.495. The highest BCUT2D eigenvalue weighted by atomic mass is 16.5. The molecule has 2 aromatic carbocycles. The van der Waals surface area contributed by atoms with E-state index in [1.165, 1.54) is 11.0 Å². The molecule has 2 aromatic rings. The summed E-state index contributed by atoms with van der Waals surface area (Å²) in [4.78, 5) is 25.0.